The van der Waals surface area contributed by atoms with Crippen molar-refractivity contribution >= 4 is 25.7 Å². The van der Waals surface area contributed by atoms with E-state index in [2.05, 4.69) is 4.72 Å². The van der Waals surface area contributed by atoms with Crippen LogP contribution in [0.25, 0.3) is 0 Å². The highest BCUT2D eigenvalue weighted by molar-refractivity contribution is 7.90. The number of nitrogen functional groups attached to an aromatic ring is 1. The Bertz CT molecular complexity index is 719. The number of nitrogens with zero attached hydrogens (tertiary/aromatic N) is 1. The van der Waals surface area contributed by atoms with Crippen molar-refractivity contribution in [2.45, 2.75) is 4.90 Å². The lowest BCUT2D eigenvalue weighted by Crippen LogP contribution is -2.31. The van der Waals surface area contributed by atoms with Crippen molar-refractivity contribution in [2.24, 2.45) is 5.14 Å². The van der Waals surface area contributed by atoms with Crippen molar-refractivity contribution in [1.29, 1.82) is 5.26 Å². The number of hydrogen-bond acceptors (Lipinski definition) is 6. The maximum Gasteiger partial charge on any atom is 0.242 e. The van der Waals surface area contributed by atoms with Crippen LogP contribution in [0, 0.1) is 11.3 Å². The smallest absolute Gasteiger partial charge is 0.242 e. The number of nitrogens with one attached hydrogen (secondary N) is 1. The van der Waals surface area contributed by atoms with E-state index < -0.39 is 25.8 Å². The van der Waals surface area contributed by atoms with Gasteiger partial charge in [-0.3, -0.25) is 0 Å². The van der Waals surface area contributed by atoms with Gasteiger partial charge in [0.1, 0.15) is 4.90 Å². The van der Waals surface area contributed by atoms with Gasteiger partial charge in [-0.2, -0.15) is 5.26 Å². The van der Waals surface area contributed by atoms with Crippen LogP contribution in [0.4, 0.5) is 5.69 Å². The van der Waals surface area contributed by atoms with Gasteiger partial charge in [0, 0.05) is 6.54 Å². The molecule has 0 saturated carbocycles. The average molecular weight is 304 g/mol. The third kappa shape index (κ3) is 4.49. The molecule has 19 heavy (non-hydrogen) atoms. The van der Waals surface area contributed by atoms with Gasteiger partial charge in [-0.25, -0.2) is 26.7 Å². The molecule has 0 spiro atoms. The van der Waals surface area contributed by atoms with Gasteiger partial charge >= 0.3 is 0 Å². The lowest BCUT2D eigenvalue weighted by Gasteiger charge is -2.08. The molecule has 10 heteroatoms. The standard InChI is InChI=1S/C9H12N4O4S2/c10-6-7-1-2-9(8(11)5-7)19(16,17)13-3-4-18(12,14)15/h1-2,5,13H,3-4,11H2,(H2,12,14,15). The second kappa shape index (κ2) is 5.54. The summed E-state index contributed by atoms with van der Waals surface area (Å²) in [6.45, 7) is -0.361. The van der Waals surface area contributed by atoms with E-state index in [0.717, 1.165) is 0 Å². The van der Waals surface area contributed by atoms with Gasteiger partial charge in [-0.1, -0.05) is 0 Å². The zero-order chi connectivity index (χ0) is 14.7. The van der Waals surface area contributed by atoms with Gasteiger partial charge in [0.05, 0.1) is 23.1 Å². The molecule has 0 aliphatic carbocycles. The number of benzene rings is 1. The Morgan fingerprint density at radius 2 is 1.89 bits per heavy atom. The van der Waals surface area contributed by atoms with E-state index in [9.17, 15) is 16.8 Å². The SMILES string of the molecule is N#Cc1ccc(S(=O)(=O)NCCS(N)(=O)=O)c(N)c1. The molecule has 8 nitrogen and oxygen atoms in total. The molecular formula is C9H12N4O4S2. The van der Waals surface area contributed by atoms with E-state index in [1.165, 1.54) is 18.2 Å². The first-order valence-corrected chi connectivity index (χ1v) is 8.15. The molecule has 0 radical (unpaired) electrons. The van der Waals surface area contributed by atoms with Crippen molar-refractivity contribution in [2.75, 3.05) is 18.0 Å². The summed E-state index contributed by atoms with van der Waals surface area (Å²) < 4.78 is 47.1. The summed E-state index contributed by atoms with van der Waals surface area (Å²) in [4.78, 5) is -0.221. The molecule has 0 unspecified atom stereocenters. The van der Waals surface area contributed by atoms with Gasteiger partial charge < -0.3 is 5.73 Å². The first-order valence-electron chi connectivity index (χ1n) is 4.95. The molecule has 0 bridgehead atoms. The zero-order valence-corrected chi connectivity index (χ0v) is 11.3. The number of hydrogen-bond donors (Lipinski definition) is 3. The molecule has 0 aliphatic rings. The first kappa shape index (κ1) is 15.4. The highest BCUT2D eigenvalue weighted by atomic mass is 32.2. The highest BCUT2D eigenvalue weighted by Gasteiger charge is 2.18. The minimum atomic E-state index is -3.94. The Balaban J connectivity index is 2.93. The van der Waals surface area contributed by atoms with Crippen LogP contribution in [-0.2, 0) is 20.0 Å². The fourth-order valence-corrected chi connectivity index (χ4v) is 2.92. The molecule has 1 aromatic rings. The van der Waals surface area contributed by atoms with E-state index in [1.54, 1.807) is 0 Å². The summed E-state index contributed by atoms with van der Waals surface area (Å²) in [7, 11) is -7.69. The minimum absolute atomic E-state index is 0.0952. The van der Waals surface area contributed by atoms with Crippen LogP contribution in [0.1, 0.15) is 5.56 Å². The molecule has 0 aromatic heterocycles. The summed E-state index contributed by atoms with van der Waals surface area (Å²) in [6.07, 6.45) is 0. The minimum Gasteiger partial charge on any atom is -0.398 e. The molecule has 1 rings (SSSR count). The fourth-order valence-electron chi connectivity index (χ4n) is 1.26. The molecule has 0 heterocycles. The maximum absolute atomic E-state index is 11.8. The Hall–Kier alpha value is -1.67. The van der Waals surface area contributed by atoms with Gasteiger partial charge in [0.25, 0.3) is 0 Å². The molecule has 5 N–H and O–H groups in total. The van der Waals surface area contributed by atoms with E-state index in [4.69, 9.17) is 16.1 Å². The summed E-state index contributed by atoms with van der Waals surface area (Å²) in [6, 6.07) is 5.50. The lowest BCUT2D eigenvalue weighted by molar-refractivity contribution is 0.581. The number of rotatable bonds is 5. The van der Waals surface area contributed by atoms with Crippen molar-refractivity contribution in [3.63, 3.8) is 0 Å². The van der Waals surface area contributed by atoms with E-state index in [1.807, 2.05) is 6.07 Å². The third-order valence-corrected chi connectivity index (χ3v) is 4.42. The second-order valence-electron chi connectivity index (χ2n) is 3.63. The van der Waals surface area contributed by atoms with Gasteiger partial charge in [0.2, 0.25) is 20.0 Å². The largest absolute Gasteiger partial charge is 0.398 e. The molecule has 0 atom stereocenters. The maximum atomic E-state index is 11.8. The number of nitrogens with two attached hydrogens (primary N) is 2. The zero-order valence-electron chi connectivity index (χ0n) is 9.70. The lowest BCUT2D eigenvalue weighted by atomic mass is 10.2. The van der Waals surface area contributed by atoms with Gasteiger partial charge in [0.15, 0.2) is 0 Å². The molecule has 104 valence electrons. The van der Waals surface area contributed by atoms with E-state index >= 15 is 0 Å². The van der Waals surface area contributed by atoms with Crippen molar-refractivity contribution < 1.29 is 16.8 Å². The molecule has 0 fully saturated rings. The van der Waals surface area contributed by atoms with Crippen LogP contribution in [0.15, 0.2) is 23.1 Å². The molecule has 1 aromatic carbocycles. The highest BCUT2D eigenvalue weighted by Crippen LogP contribution is 2.19. The van der Waals surface area contributed by atoms with Crippen molar-refractivity contribution in [3.8, 4) is 6.07 Å². The number of sulfonamides is 2. The molecular weight excluding hydrogens is 292 g/mol. The second-order valence-corrected chi connectivity index (χ2v) is 7.10. The van der Waals surface area contributed by atoms with E-state index in [0.29, 0.717) is 0 Å². The summed E-state index contributed by atoms with van der Waals surface area (Å²) >= 11 is 0. The summed E-state index contributed by atoms with van der Waals surface area (Å²) in [5.74, 6) is -0.525. The molecule has 0 aliphatic heterocycles. The predicted molar refractivity (Wildman–Crippen MR) is 68.7 cm³/mol. The van der Waals surface area contributed by atoms with Crippen LogP contribution >= 0.6 is 0 Å². The quantitative estimate of drug-likeness (QED) is 0.574. The van der Waals surface area contributed by atoms with Crippen LogP contribution in [0.3, 0.4) is 0 Å². The van der Waals surface area contributed by atoms with Crippen LogP contribution in [0.2, 0.25) is 0 Å². The van der Waals surface area contributed by atoms with Crippen LogP contribution in [0.5, 0.6) is 0 Å². The number of nitriles is 1. The topological polar surface area (TPSA) is 156 Å². The normalized spacial score (nSPS) is 12.0. The Morgan fingerprint density at radius 3 is 2.37 bits per heavy atom. The monoisotopic (exact) mass is 304 g/mol. The molecule has 0 amide bonds. The van der Waals surface area contributed by atoms with E-state index in [-0.39, 0.29) is 22.7 Å². The Morgan fingerprint density at radius 1 is 1.26 bits per heavy atom. The molecule has 0 saturated heterocycles. The van der Waals surface area contributed by atoms with Gasteiger partial charge in [-0.15, -0.1) is 0 Å². The third-order valence-electron chi connectivity index (χ3n) is 2.11. The first-order chi connectivity index (χ1) is 8.65. The van der Waals surface area contributed by atoms with Gasteiger partial charge in [-0.05, 0) is 18.2 Å². The Labute approximate surface area is 111 Å². The van der Waals surface area contributed by atoms with Crippen molar-refractivity contribution in [3.05, 3.63) is 23.8 Å². The van der Waals surface area contributed by atoms with Crippen LogP contribution in [-0.4, -0.2) is 29.1 Å². The predicted octanol–water partition coefficient (Wildman–Crippen LogP) is -1.29. The fraction of sp³-hybridized carbons (Fsp3) is 0.222. The summed E-state index contributed by atoms with van der Waals surface area (Å²) in [5.41, 5.74) is 5.66. The number of primary sulfonamides is 1. The average Bonchev–Trinajstić information content (AvgIpc) is 2.26. The Kier molecular flexibility index (Phi) is 4.48. The van der Waals surface area contributed by atoms with Crippen LogP contribution < -0.4 is 15.6 Å². The number of anilines is 1. The van der Waals surface area contributed by atoms with Crippen molar-refractivity contribution in [1.82, 2.24) is 4.72 Å². The summed E-state index contributed by atoms with van der Waals surface area (Å²) in [5, 5.41) is 13.4.